The summed E-state index contributed by atoms with van der Waals surface area (Å²) in [6.45, 7) is 0. The van der Waals surface area contributed by atoms with Crippen molar-refractivity contribution in [2.75, 3.05) is 7.05 Å². The Bertz CT molecular complexity index is 518. The number of hydrogen-bond donors (Lipinski definition) is 1. The summed E-state index contributed by atoms with van der Waals surface area (Å²) in [7, 11) is 1.24. The van der Waals surface area contributed by atoms with Crippen LogP contribution in [-0.4, -0.2) is 35.5 Å². The zero-order valence-corrected chi connectivity index (χ0v) is 9.75. The van der Waals surface area contributed by atoms with Crippen molar-refractivity contribution in [3.63, 3.8) is 0 Å². The Morgan fingerprint density at radius 1 is 1.39 bits per heavy atom. The molecule has 0 bridgehead atoms. The number of carbonyl (C=O) groups excluding carboxylic acids is 3. The molecule has 2 aliphatic rings. The highest BCUT2D eigenvalue weighted by Crippen LogP contribution is 2.21. The summed E-state index contributed by atoms with van der Waals surface area (Å²) >= 11 is 0. The lowest BCUT2D eigenvalue weighted by Gasteiger charge is -2.26. The molecule has 0 saturated carbocycles. The number of likely N-dealkylation sites (N-methyl/N-ethyl adjacent to an activating group) is 1. The maximum absolute atomic E-state index is 11.8. The zero-order chi connectivity index (χ0) is 13.3. The fourth-order valence-electron chi connectivity index (χ4n) is 1.70. The highest BCUT2D eigenvalue weighted by atomic mass is 16.6. The molecule has 0 aromatic rings. The summed E-state index contributed by atoms with van der Waals surface area (Å²) in [6, 6.07) is 0. The highest BCUT2D eigenvalue weighted by Gasteiger charge is 2.37. The van der Waals surface area contributed by atoms with Gasteiger partial charge in [-0.05, 0) is 12.5 Å². The van der Waals surface area contributed by atoms with Gasteiger partial charge in [0.1, 0.15) is 5.57 Å². The molecule has 94 valence electrons. The average Bonchev–Trinajstić information content (AvgIpc) is 2.33. The number of imide groups is 1. The summed E-state index contributed by atoms with van der Waals surface area (Å²) in [4.78, 5) is 35.2. The van der Waals surface area contributed by atoms with Crippen molar-refractivity contribution < 1.29 is 19.1 Å². The van der Waals surface area contributed by atoms with Gasteiger partial charge in [-0.1, -0.05) is 24.3 Å². The van der Waals surface area contributed by atoms with Crippen LogP contribution in [0.2, 0.25) is 0 Å². The number of ether oxygens (including phenoxy) is 1. The first-order valence-electron chi connectivity index (χ1n) is 5.33. The van der Waals surface area contributed by atoms with Gasteiger partial charge in [0.05, 0.1) is 5.54 Å². The molecule has 1 atom stereocenters. The minimum Gasteiger partial charge on any atom is -0.372 e. The van der Waals surface area contributed by atoms with E-state index in [0.717, 1.165) is 4.90 Å². The molecule has 1 aliphatic carbocycles. The van der Waals surface area contributed by atoms with Crippen molar-refractivity contribution in [2.24, 2.45) is 5.73 Å². The number of hydrogen-bond acceptors (Lipinski definition) is 5. The lowest BCUT2D eigenvalue weighted by atomic mass is 9.89. The Hall–Kier alpha value is -2.21. The van der Waals surface area contributed by atoms with Crippen LogP contribution in [0.1, 0.15) is 6.42 Å². The van der Waals surface area contributed by atoms with Gasteiger partial charge in [0.15, 0.2) is 0 Å². The first-order chi connectivity index (χ1) is 8.43. The van der Waals surface area contributed by atoms with Crippen LogP contribution < -0.4 is 5.73 Å². The number of carbonyl (C=O) groups is 3. The van der Waals surface area contributed by atoms with E-state index < -0.39 is 23.5 Å². The van der Waals surface area contributed by atoms with Gasteiger partial charge in [0, 0.05) is 7.05 Å². The highest BCUT2D eigenvalue weighted by molar-refractivity contribution is 6.24. The van der Waals surface area contributed by atoms with Gasteiger partial charge in [-0.2, -0.15) is 0 Å². The fraction of sp³-hybridized carbons (Fsp3) is 0.250. The van der Waals surface area contributed by atoms with Crippen LogP contribution in [0.25, 0.3) is 0 Å². The van der Waals surface area contributed by atoms with Crippen LogP contribution in [0, 0.1) is 0 Å². The Kier molecular flexibility index (Phi) is 2.88. The van der Waals surface area contributed by atoms with Gasteiger partial charge in [-0.25, -0.2) is 14.5 Å². The maximum atomic E-state index is 11.8. The number of esters is 1. The third-order valence-corrected chi connectivity index (χ3v) is 2.75. The van der Waals surface area contributed by atoms with E-state index in [1.807, 2.05) is 12.2 Å². The Balaban J connectivity index is 2.34. The van der Waals surface area contributed by atoms with E-state index in [9.17, 15) is 14.4 Å². The van der Waals surface area contributed by atoms with Crippen molar-refractivity contribution >= 4 is 18.0 Å². The fourth-order valence-corrected chi connectivity index (χ4v) is 1.70. The predicted octanol–water partition coefficient (Wildman–Crippen LogP) is 0.262. The normalized spacial score (nSPS) is 30.0. The molecular weight excluding hydrogens is 236 g/mol. The molecular formula is C12H12N2O4. The topological polar surface area (TPSA) is 89.7 Å². The molecule has 6 nitrogen and oxygen atoms in total. The summed E-state index contributed by atoms with van der Waals surface area (Å²) in [5, 5.41) is 0. The van der Waals surface area contributed by atoms with E-state index in [-0.39, 0.29) is 5.57 Å². The van der Waals surface area contributed by atoms with Crippen LogP contribution in [0.4, 0.5) is 4.79 Å². The number of nitrogens with two attached hydrogens (primary N) is 1. The van der Waals surface area contributed by atoms with Gasteiger partial charge < -0.3 is 10.5 Å². The van der Waals surface area contributed by atoms with Gasteiger partial charge >= 0.3 is 12.1 Å². The number of nitrogens with zero attached hydrogens (tertiary/aromatic N) is 1. The minimum atomic E-state index is -0.979. The smallest absolute Gasteiger partial charge is 0.372 e. The van der Waals surface area contributed by atoms with E-state index in [4.69, 9.17) is 5.73 Å². The molecule has 1 fully saturated rings. The molecule has 0 radical (unpaired) electrons. The van der Waals surface area contributed by atoms with E-state index >= 15 is 0 Å². The second kappa shape index (κ2) is 4.23. The van der Waals surface area contributed by atoms with Crippen LogP contribution in [0.5, 0.6) is 0 Å². The van der Waals surface area contributed by atoms with E-state index in [2.05, 4.69) is 4.74 Å². The van der Waals surface area contributed by atoms with Crippen molar-refractivity contribution in [3.8, 4) is 0 Å². The van der Waals surface area contributed by atoms with Crippen LogP contribution >= 0.6 is 0 Å². The maximum Gasteiger partial charge on any atom is 0.424 e. The van der Waals surface area contributed by atoms with Gasteiger partial charge in [-0.15, -0.1) is 0 Å². The Morgan fingerprint density at radius 2 is 2.11 bits per heavy atom. The third kappa shape index (κ3) is 2.10. The lowest BCUT2D eigenvalue weighted by molar-refractivity contribution is -0.142. The Labute approximate surface area is 103 Å². The molecule has 6 heteroatoms. The molecule has 2 amide bonds. The number of cyclic esters (lactones) is 2. The van der Waals surface area contributed by atoms with Crippen LogP contribution in [-0.2, 0) is 14.3 Å². The SMILES string of the molecule is CN1C(=O)OC(=O)C(=CC2(N)C=CC=CC2)C1=O. The van der Waals surface area contributed by atoms with Crippen molar-refractivity contribution in [3.05, 3.63) is 36.0 Å². The first kappa shape index (κ1) is 12.3. The molecule has 1 heterocycles. The van der Waals surface area contributed by atoms with Gasteiger partial charge in [0.2, 0.25) is 0 Å². The molecule has 1 unspecified atom stereocenters. The second-order valence-electron chi connectivity index (χ2n) is 4.18. The minimum absolute atomic E-state index is 0.223. The second-order valence-corrected chi connectivity index (χ2v) is 4.18. The van der Waals surface area contributed by atoms with Crippen molar-refractivity contribution in [2.45, 2.75) is 12.0 Å². The quantitative estimate of drug-likeness (QED) is 0.311. The van der Waals surface area contributed by atoms with Crippen LogP contribution in [0.3, 0.4) is 0 Å². The molecule has 2 N–H and O–H groups in total. The lowest BCUT2D eigenvalue weighted by Crippen LogP contribution is -2.46. The summed E-state index contributed by atoms with van der Waals surface area (Å²) in [6.07, 6.45) is 7.87. The monoisotopic (exact) mass is 248 g/mol. The molecule has 18 heavy (non-hydrogen) atoms. The third-order valence-electron chi connectivity index (χ3n) is 2.75. The first-order valence-corrected chi connectivity index (χ1v) is 5.33. The van der Waals surface area contributed by atoms with Crippen molar-refractivity contribution in [1.29, 1.82) is 0 Å². The largest absolute Gasteiger partial charge is 0.424 e. The summed E-state index contributed by atoms with van der Waals surface area (Å²) in [5.41, 5.74) is 4.88. The van der Waals surface area contributed by atoms with E-state index in [0.29, 0.717) is 6.42 Å². The van der Waals surface area contributed by atoms with Gasteiger partial charge in [0.25, 0.3) is 5.91 Å². The number of amides is 2. The van der Waals surface area contributed by atoms with Gasteiger partial charge in [-0.3, -0.25) is 4.79 Å². The van der Waals surface area contributed by atoms with E-state index in [1.165, 1.54) is 13.1 Å². The average molecular weight is 248 g/mol. The molecule has 1 saturated heterocycles. The number of allylic oxidation sites excluding steroid dienone is 2. The Morgan fingerprint density at radius 3 is 2.72 bits per heavy atom. The zero-order valence-electron chi connectivity index (χ0n) is 9.75. The standard InChI is InChI=1S/C12H12N2O4/c1-14-9(15)8(10(16)18-11(14)17)7-12(13)5-3-2-4-6-12/h2-5,7H,6,13H2,1H3. The summed E-state index contributed by atoms with van der Waals surface area (Å²) < 4.78 is 4.43. The molecule has 0 aromatic heterocycles. The summed E-state index contributed by atoms with van der Waals surface area (Å²) in [5.74, 6) is -1.67. The number of rotatable bonds is 1. The van der Waals surface area contributed by atoms with Crippen molar-refractivity contribution in [1.82, 2.24) is 4.90 Å². The molecule has 1 aliphatic heterocycles. The van der Waals surface area contributed by atoms with Crippen LogP contribution in [0.15, 0.2) is 36.0 Å². The van der Waals surface area contributed by atoms with E-state index in [1.54, 1.807) is 12.2 Å². The predicted molar refractivity (Wildman–Crippen MR) is 62.2 cm³/mol. The molecule has 2 rings (SSSR count). The molecule has 0 spiro atoms. The molecule has 0 aromatic carbocycles.